The molecule has 2 aromatic rings. The molecule has 0 saturated carbocycles. The molecule has 0 aromatic heterocycles. The molecular formula is C16H13Cl2NO2. The Labute approximate surface area is 132 Å². The summed E-state index contributed by atoms with van der Waals surface area (Å²) in [5, 5.41) is 9.80. The Morgan fingerprint density at radius 2 is 1.90 bits per heavy atom. The van der Waals surface area contributed by atoms with Crippen LogP contribution in [0.3, 0.4) is 0 Å². The first-order chi connectivity index (χ1) is 10.1. The number of benzene rings is 2. The van der Waals surface area contributed by atoms with Crippen molar-refractivity contribution in [2.45, 2.75) is 19.6 Å². The maximum absolute atomic E-state index is 11.4. The standard InChI is InChI=1S/C16H13Cl2NO2/c17-13-6-11-8-19(7-10-4-2-1-3-5-10)9-12(11)14(15(13)18)16(20)21/h1-6H,7-9H2,(H,20,21). The van der Waals surface area contributed by atoms with Crippen molar-refractivity contribution in [1.29, 1.82) is 0 Å². The third kappa shape index (κ3) is 2.77. The van der Waals surface area contributed by atoms with Gasteiger partial charge in [0.05, 0.1) is 15.6 Å². The van der Waals surface area contributed by atoms with Crippen LogP contribution in [0, 0.1) is 0 Å². The predicted molar refractivity (Wildman–Crippen MR) is 82.8 cm³/mol. The summed E-state index contributed by atoms with van der Waals surface area (Å²) in [5.41, 5.74) is 3.04. The zero-order valence-corrected chi connectivity index (χ0v) is 12.7. The molecular weight excluding hydrogens is 309 g/mol. The van der Waals surface area contributed by atoms with E-state index in [2.05, 4.69) is 17.0 Å². The molecule has 0 bridgehead atoms. The number of hydrogen-bond donors (Lipinski definition) is 1. The molecule has 2 aromatic carbocycles. The number of halogens is 2. The van der Waals surface area contributed by atoms with Crippen molar-refractivity contribution in [1.82, 2.24) is 4.90 Å². The van der Waals surface area contributed by atoms with Gasteiger partial charge in [-0.1, -0.05) is 53.5 Å². The van der Waals surface area contributed by atoms with Crippen LogP contribution >= 0.6 is 23.2 Å². The minimum atomic E-state index is -1.03. The first-order valence-electron chi connectivity index (χ1n) is 6.55. The second kappa shape index (κ2) is 5.68. The Bertz CT molecular complexity index is 701. The van der Waals surface area contributed by atoms with Crippen molar-refractivity contribution in [3.63, 3.8) is 0 Å². The van der Waals surface area contributed by atoms with Gasteiger partial charge in [-0.15, -0.1) is 0 Å². The smallest absolute Gasteiger partial charge is 0.337 e. The van der Waals surface area contributed by atoms with Gasteiger partial charge in [0.25, 0.3) is 0 Å². The second-order valence-electron chi connectivity index (χ2n) is 5.12. The predicted octanol–water partition coefficient (Wildman–Crippen LogP) is 4.21. The van der Waals surface area contributed by atoms with Crippen molar-refractivity contribution in [2.75, 3.05) is 0 Å². The van der Waals surface area contributed by atoms with Crippen LogP contribution in [0.25, 0.3) is 0 Å². The summed E-state index contributed by atoms with van der Waals surface area (Å²) in [6.45, 7) is 2.02. The Balaban J connectivity index is 1.91. The minimum absolute atomic E-state index is 0.129. The number of carboxylic acids is 1. The highest BCUT2D eigenvalue weighted by molar-refractivity contribution is 6.43. The molecule has 0 aliphatic carbocycles. The average Bonchev–Trinajstić information content (AvgIpc) is 2.82. The Morgan fingerprint density at radius 1 is 1.19 bits per heavy atom. The number of rotatable bonds is 3. The fraction of sp³-hybridized carbons (Fsp3) is 0.188. The van der Waals surface area contributed by atoms with Crippen molar-refractivity contribution in [2.24, 2.45) is 0 Å². The zero-order valence-electron chi connectivity index (χ0n) is 11.1. The Kier molecular flexibility index (Phi) is 3.89. The SMILES string of the molecule is O=C(O)c1c(Cl)c(Cl)cc2c1CN(Cc1ccccc1)C2. The number of aromatic carboxylic acids is 1. The molecule has 21 heavy (non-hydrogen) atoms. The summed E-state index contributed by atoms with van der Waals surface area (Å²) >= 11 is 12.1. The van der Waals surface area contributed by atoms with Crippen molar-refractivity contribution in [3.8, 4) is 0 Å². The molecule has 3 nitrogen and oxygen atoms in total. The van der Waals surface area contributed by atoms with E-state index < -0.39 is 5.97 Å². The van der Waals surface area contributed by atoms with Crippen molar-refractivity contribution in [3.05, 3.63) is 68.7 Å². The lowest BCUT2D eigenvalue weighted by Crippen LogP contribution is -2.16. The molecule has 108 valence electrons. The molecule has 3 rings (SSSR count). The molecule has 0 saturated heterocycles. The van der Waals surface area contributed by atoms with Gasteiger partial charge in [-0.3, -0.25) is 4.90 Å². The van der Waals surface area contributed by atoms with Gasteiger partial charge in [-0.25, -0.2) is 4.79 Å². The summed E-state index contributed by atoms with van der Waals surface area (Å²) in [7, 11) is 0. The second-order valence-corrected chi connectivity index (χ2v) is 5.91. The van der Waals surface area contributed by atoms with E-state index in [1.54, 1.807) is 6.07 Å². The molecule has 0 unspecified atom stereocenters. The maximum Gasteiger partial charge on any atom is 0.337 e. The largest absolute Gasteiger partial charge is 0.478 e. The minimum Gasteiger partial charge on any atom is -0.478 e. The van der Waals surface area contributed by atoms with Crippen molar-refractivity contribution >= 4 is 29.2 Å². The molecule has 0 radical (unpaired) electrons. The lowest BCUT2D eigenvalue weighted by molar-refractivity contribution is 0.0695. The van der Waals surface area contributed by atoms with E-state index in [0.29, 0.717) is 18.1 Å². The quantitative estimate of drug-likeness (QED) is 0.920. The molecule has 5 heteroatoms. The zero-order chi connectivity index (χ0) is 15.0. The first-order valence-corrected chi connectivity index (χ1v) is 7.31. The number of nitrogens with zero attached hydrogens (tertiary/aromatic N) is 1. The van der Waals surface area contributed by atoms with E-state index in [9.17, 15) is 9.90 Å². The van der Waals surface area contributed by atoms with E-state index >= 15 is 0 Å². The maximum atomic E-state index is 11.4. The summed E-state index contributed by atoms with van der Waals surface area (Å²) in [6.07, 6.45) is 0. The highest BCUT2D eigenvalue weighted by atomic mass is 35.5. The van der Waals surface area contributed by atoms with E-state index in [-0.39, 0.29) is 10.6 Å². The van der Waals surface area contributed by atoms with Crippen LogP contribution in [0.2, 0.25) is 10.0 Å². The number of carbonyl (C=O) groups is 1. The average molecular weight is 322 g/mol. The van der Waals surface area contributed by atoms with Crippen LogP contribution < -0.4 is 0 Å². The Morgan fingerprint density at radius 3 is 2.57 bits per heavy atom. The normalized spacial score (nSPS) is 14.2. The Hall–Kier alpha value is -1.55. The summed E-state index contributed by atoms with van der Waals surface area (Å²) in [4.78, 5) is 13.6. The summed E-state index contributed by atoms with van der Waals surface area (Å²) in [5.74, 6) is -1.03. The highest BCUT2D eigenvalue weighted by Gasteiger charge is 2.28. The van der Waals surface area contributed by atoms with Gasteiger partial charge in [0.2, 0.25) is 0 Å². The van der Waals surface area contributed by atoms with Gasteiger partial charge in [-0.2, -0.15) is 0 Å². The van der Waals surface area contributed by atoms with Gasteiger partial charge in [0.15, 0.2) is 0 Å². The van der Waals surface area contributed by atoms with E-state index in [1.165, 1.54) is 5.56 Å². The fourth-order valence-corrected chi connectivity index (χ4v) is 3.21. The van der Waals surface area contributed by atoms with Gasteiger partial charge in [0.1, 0.15) is 0 Å². The molecule has 1 aliphatic rings. The fourth-order valence-electron chi connectivity index (χ4n) is 2.73. The first kappa shape index (κ1) is 14.4. The van der Waals surface area contributed by atoms with Gasteiger partial charge in [-0.05, 0) is 22.8 Å². The number of carboxylic acid groups (broad SMARTS) is 1. The summed E-state index contributed by atoms with van der Waals surface area (Å²) in [6, 6.07) is 11.9. The summed E-state index contributed by atoms with van der Waals surface area (Å²) < 4.78 is 0. The van der Waals surface area contributed by atoms with Crippen LogP contribution in [-0.4, -0.2) is 16.0 Å². The van der Waals surface area contributed by atoms with Gasteiger partial charge in [0, 0.05) is 19.6 Å². The lowest BCUT2D eigenvalue weighted by atomic mass is 10.0. The van der Waals surface area contributed by atoms with Crippen LogP contribution in [0.15, 0.2) is 36.4 Å². The number of hydrogen-bond acceptors (Lipinski definition) is 2. The number of fused-ring (bicyclic) bond motifs is 1. The monoisotopic (exact) mass is 321 g/mol. The highest BCUT2D eigenvalue weighted by Crippen LogP contribution is 2.36. The van der Waals surface area contributed by atoms with Crippen LogP contribution in [0.5, 0.6) is 0 Å². The third-order valence-corrected chi connectivity index (χ3v) is 4.45. The molecule has 0 fully saturated rings. The van der Waals surface area contributed by atoms with Gasteiger partial charge >= 0.3 is 5.97 Å². The van der Waals surface area contributed by atoms with E-state index in [1.807, 2.05) is 18.2 Å². The third-order valence-electron chi connectivity index (χ3n) is 3.66. The molecule has 1 N–H and O–H groups in total. The van der Waals surface area contributed by atoms with E-state index in [4.69, 9.17) is 23.2 Å². The van der Waals surface area contributed by atoms with Crippen LogP contribution in [0.1, 0.15) is 27.0 Å². The topological polar surface area (TPSA) is 40.5 Å². The van der Waals surface area contributed by atoms with E-state index in [0.717, 1.165) is 17.7 Å². The van der Waals surface area contributed by atoms with Crippen LogP contribution in [-0.2, 0) is 19.6 Å². The van der Waals surface area contributed by atoms with Crippen molar-refractivity contribution < 1.29 is 9.90 Å². The van der Waals surface area contributed by atoms with Crippen LogP contribution in [0.4, 0.5) is 0 Å². The van der Waals surface area contributed by atoms with Gasteiger partial charge < -0.3 is 5.11 Å². The molecule has 0 spiro atoms. The molecule has 1 aliphatic heterocycles. The lowest BCUT2D eigenvalue weighted by Gasteiger charge is -2.14. The molecule has 1 heterocycles. The molecule has 0 atom stereocenters. The molecule has 0 amide bonds.